The molecule has 6 nitrogen and oxygen atoms in total. The zero-order valence-corrected chi connectivity index (χ0v) is 19.9. The maximum Gasteiger partial charge on any atom is 0.234 e. The summed E-state index contributed by atoms with van der Waals surface area (Å²) in [4.78, 5) is 19.2. The molecule has 2 heterocycles. The highest BCUT2D eigenvalue weighted by Gasteiger charge is 2.46. The third-order valence-electron chi connectivity index (χ3n) is 5.36. The van der Waals surface area contributed by atoms with Crippen LogP contribution in [-0.2, 0) is 21.2 Å². The van der Waals surface area contributed by atoms with Gasteiger partial charge in [0, 0.05) is 22.3 Å². The lowest BCUT2D eigenvalue weighted by molar-refractivity contribution is -0.113. The van der Waals surface area contributed by atoms with Gasteiger partial charge >= 0.3 is 0 Å². The number of sulfone groups is 1. The molecule has 1 amide bonds. The monoisotopic (exact) mass is 497 g/mol. The minimum atomic E-state index is -3.11. The van der Waals surface area contributed by atoms with Crippen molar-refractivity contribution in [2.75, 3.05) is 22.6 Å². The number of amides is 1. The summed E-state index contributed by atoms with van der Waals surface area (Å²) in [5.74, 6) is 0.113. The molecule has 0 radical (unpaired) electrons. The Morgan fingerprint density at radius 3 is 2.68 bits per heavy atom. The van der Waals surface area contributed by atoms with Crippen LogP contribution in [0.5, 0.6) is 0 Å². The molecule has 2 aliphatic heterocycles. The average Bonchev–Trinajstić information content (AvgIpc) is 3.17. The lowest BCUT2D eigenvalue weighted by Gasteiger charge is -2.26. The summed E-state index contributed by atoms with van der Waals surface area (Å²) >= 11 is 13.4. The molecule has 31 heavy (non-hydrogen) atoms. The molecule has 2 aromatic carbocycles. The molecular weight excluding hydrogens is 477 g/mol. The fourth-order valence-corrected chi connectivity index (χ4v) is 6.82. The Morgan fingerprint density at radius 1 is 1.19 bits per heavy atom. The van der Waals surface area contributed by atoms with Crippen molar-refractivity contribution in [3.05, 3.63) is 63.6 Å². The summed E-state index contributed by atoms with van der Waals surface area (Å²) in [5.41, 5.74) is 2.49. The highest BCUT2D eigenvalue weighted by molar-refractivity contribution is 8.14. The molecule has 0 aromatic heterocycles. The van der Waals surface area contributed by atoms with E-state index in [2.05, 4.69) is 10.3 Å². The van der Waals surface area contributed by atoms with Crippen LogP contribution in [0.25, 0.3) is 0 Å². The van der Waals surface area contributed by atoms with Crippen LogP contribution in [0.2, 0.25) is 10.0 Å². The van der Waals surface area contributed by atoms with Crippen LogP contribution in [0, 0.1) is 6.92 Å². The number of fused-ring (bicyclic) bond motifs is 1. The molecule has 0 saturated carbocycles. The zero-order chi connectivity index (χ0) is 22.2. The largest absolute Gasteiger partial charge is 0.341 e. The van der Waals surface area contributed by atoms with E-state index in [4.69, 9.17) is 23.2 Å². The number of amidine groups is 1. The van der Waals surface area contributed by atoms with Crippen molar-refractivity contribution in [1.29, 1.82) is 0 Å². The molecular formula is C21H21Cl2N3O3S2. The molecule has 1 fully saturated rings. The maximum absolute atomic E-state index is 12.5. The Hall–Kier alpha value is -1.74. The van der Waals surface area contributed by atoms with Crippen LogP contribution in [0.3, 0.4) is 0 Å². The van der Waals surface area contributed by atoms with E-state index >= 15 is 0 Å². The first-order valence-corrected chi connectivity index (χ1v) is 13.3. The third kappa shape index (κ3) is 5.19. The van der Waals surface area contributed by atoms with Crippen LogP contribution < -0.4 is 5.32 Å². The van der Waals surface area contributed by atoms with Crippen molar-refractivity contribution in [3.8, 4) is 0 Å². The summed E-state index contributed by atoms with van der Waals surface area (Å²) in [6, 6.07) is 12.3. The minimum absolute atomic E-state index is 0.0484. The molecule has 0 aliphatic carbocycles. The van der Waals surface area contributed by atoms with Gasteiger partial charge in [-0.05, 0) is 42.3 Å². The predicted octanol–water partition coefficient (Wildman–Crippen LogP) is 4.01. The van der Waals surface area contributed by atoms with Crippen LogP contribution in [0.4, 0.5) is 5.69 Å². The summed E-state index contributed by atoms with van der Waals surface area (Å²) in [6.07, 6.45) is 0. The van der Waals surface area contributed by atoms with Gasteiger partial charge in [-0.15, -0.1) is 0 Å². The fraction of sp³-hybridized carbons (Fsp3) is 0.333. The van der Waals surface area contributed by atoms with Crippen molar-refractivity contribution in [1.82, 2.24) is 4.90 Å². The SMILES string of the molecule is Cc1c(Cl)cccc1NC(=O)CSC1=N[C@H]2CS(=O)(=O)C[C@@H]2N1Cc1ccc(Cl)cc1. The van der Waals surface area contributed by atoms with E-state index in [9.17, 15) is 13.2 Å². The van der Waals surface area contributed by atoms with Crippen LogP contribution in [0.1, 0.15) is 11.1 Å². The van der Waals surface area contributed by atoms with E-state index in [0.29, 0.717) is 27.4 Å². The minimum Gasteiger partial charge on any atom is -0.341 e. The number of hydrogen-bond donors (Lipinski definition) is 1. The van der Waals surface area contributed by atoms with Gasteiger partial charge in [-0.2, -0.15) is 0 Å². The van der Waals surface area contributed by atoms with E-state index < -0.39 is 9.84 Å². The number of thioether (sulfide) groups is 1. The van der Waals surface area contributed by atoms with Crippen molar-refractivity contribution < 1.29 is 13.2 Å². The molecule has 2 aliphatic rings. The molecule has 2 atom stereocenters. The molecule has 1 N–H and O–H groups in total. The van der Waals surface area contributed by atoms with Gasteiger partial charge in [0.1, 0.15) is 0 Å². The smallest absolute Gasteiger partial charge is 0.234 e. The van der Waals surface area contributed by atoms with Gasteiger partial charge in [-0.3, -0.25) is 9.79 Å². The normalized spacial score (nSPS) is 21.6. The van der Waals surface area contributed by atoms with Crippen molar-refractivity contribution >= 4 is 61.6 Å². The fourth-order valence-electron chi connectivity index (χ4n) is 3.74. The van der Waals surface area contributed by atoms with Crippen molar-refractivity contribution in [2.24, 2.45) is 4.99 Å². The first-order chi connectivity index (χ1) is 14.7. The summed E-state index contributed by atoms with van der Waals surface area (Å²) < 4.78 is 24.3. The number of nitrogens with one attached hydrogen (secondary N) is 1. The van der Waals surface area contributed by atoms with Crippen LogP contribution in [0.15, 0.2) is 47.5 Å². The van der Waals surface area contributed by atoms with Gasteiger partial charge in [-0.1, -0.05) is 53.2 Å². The molecule has 0 bridgehead atoms. The van der Waals surface area contributed by atoms with E-state index in [1.807, 2.05) is 24.0 Å². The standard InChI is InChI=1S/C21H21Cl2N3O3S2/c1-13-16(23)3-2-4-17(13)24-20(27)10-30-21-25-18-11-31(28,29)12-19(18)26(21)9-14-5-7-15(22)8-6-14/h2-8,18-19H,9-12H2,1H3,(H,24,27)/t18-,19-/m0/s1. The summed E-state index contributed by atoms with van der Waals surface area (Å²) in [6.45, 7) is 2.36. The zero-order valence-electron chi connectivity index (χ0n) is 16.7. The Balaban J connectivity index is 1.46. The van der Waals surface area contributed by atoms with Crippen molar-refractivity contribution in [2.45, 2.75) is 25.6 Å². The predicted molar refractivity (Wildman–Crippen MR) is 128 cm³/mol. The number of carbonyl (C=O) groups is 1. The quantitative estimate of drug-likeness (QED) is 0.674. The Labute approximate surface area is 195 Å². The second-order valence-electron chi connectivity index (χ2n) is 7.63. The van der Waals surface area contributed by atoms with Gasteiger partial charge in [0.25, 0.3) is 0 Å². The van der Waals surface area contributed by atoms with Gasteiger partial charge in [0.15, 0.2) is 15.0 Å². The first kappa shape index (κ1) is 22.5. The van der Waals surface area contributed by atoms with E-state index in [1.165, 1.54) is 11.8 Å². The molecule has 0 unspecified atom stereocenters. The number of hydrogen-bond acceptors (Lipinski definition) is 6. The number of carbonyl (C=O) groups excluding carboxylic acids is 1. The second kappa shape index (κ2) is 9.02. The maximum atomic E-state index is 12.5. The first-order valence-electron chi connectivity index (χ1n) is 9.69. The number of aliphatic imine (C=N–C) groups is 1. The highest BCUT2D eigenvalue weighted by Crippen LogP contribution is 2.32. The molecule has 4 rings (SSSR count). The lowest BCUT2D eigenvalue weighted by Crippen LogP contribution is -2.38. The molecule has 0 spiro atoms. The lowest BCUT2D eigenvalue weighted by atomic mass is 10.1. The van der Waals surface area contributed by atoms with Gasteiger partial charge in [0.05, 0.1) is 29.3 Å². The van der Waals surface area contributed by atoms with Crippen LogP contribution in [-0.4, -0.2) is 53.7 Å². The molecule has 10 heteroatoms. The number of benzene rings is 2. The van der Waals surface area contributed by atoms with E-state index in [-0.39, 0.29) is 35.2 Å². The number of nitrogens with zero attached hydrogens (tertiary/aromatic N) is 2. The van der Waals surface area contributed by atoms with Gasteiger partial charge in [-0.25, -0.2) is 8.42 Å². The molecule has 1 saturated heterocycles. The Kier molecular flexibility index (Phi) is 6.53. The third-order valence-corrected chi connectivity index (χ3v) is 8.72. The van der Waals surface area contributed by atoms with Gasteiger partial charge < -0.3 is 10.2 Å². The molecule has 2 aromatic rings. The van der Waals surface area contributed by atoms with E-state index in [0.717, 1.165) is 11.1 Å². The summed E-state index contributed by atoms with van der Waals surface area (Å²) in [5, 5.41) is 4.81. The molecule has 164 valence electrons. The topological polar surface area (TPSA) is 78.8 Å². The average molecular weight is 498 g/mol. The second-order valence-corrected chi connectivity index (χ2v) is 11.6. The van der Waals surface area contributed by atoms with Crippen LogP contribution >= 0.6 is 35.0 Å². The van der Waals surface area contributed by atoms with Gasteiger partial charge in [0.2, 0.25) is 5.91 Å². The van der Waals surface area contributed by atoms with E-state index in [1.54, 1.807) is 30.3 Å². The Morgan fingerprint density at radius 2 is 1.94 bits per heavy atom. The van der Waals surface area contributed by atoms with Crippen molar-refractivity contribution in [3.63, 3.8) is 0 Å². The number of halogens is 2. The summed E-state index contributed by atoms with van der Waals surface area (Å²) in [7, 11) is -3.11. The Bertz CT molecular complexity index is 1140. The number of rotatable bonds is 5. The number of anilines is 1. The highest BCUT2D eigenvalue weighted by atomic mass is 35.5.